The van der Waals surface area contributed by atoms with Crippen LogP contribution in [0.1, 0.15) is 35.1 Å². The molecule has 4 nitrogen and oxygen atoms in total. The van der Waals surface area contributed by atoms with Crippen LogP contribution >= 0.6 is 0 Å². The minimum atomic E-state index is -4.35. The highest BCUT2D eigenvalue weighted by molar-refractivity contribution is 6.43. The van der Waals surface area contributed by atoms with Gasteiger partial charge in [0.15, 0.2) is 5.71 Å². The van der Waals surface area contributed by atoms with E-state index in [1.807, 2.05) is 12.1 Å². The van der Waals surface area contributed by atoms with E-state index in [0.717, 1.165) is 11.6 Å². The van der Waals surface area contributed by atoms with Crippen molar-refractivity contribution in [3.8, 4) is 0 Å². The Morgan fingerprint density at radius 3 is 2.11 bits per heavy atom. The summed E-state index contributed by atoms with van der Waals surface area (Å²) in [6.45, 7) is 0. The normalized spacial score (nSPS) is 12.0. The minimum Gasteiger partial charge on any atom is -0.464 e. The fourth-order valence-corrected chi connectivity index (χ4v) is 3.00. The first-order chi connectivity index (χ1) is 13.4. The second-order valence-electron chi connectivity index (χ2n) is 6.13. The van der Waals surface area contributed by atoms with Crippen LogP contribution in [0.15, 0.2) is 53.7 Å². The maximum Gasteiger partial charge on any atom is 0.416 e. The fourth-order valence-electron chi connectivity index (χ4n) is 3.00. The number of methoxy groups -OCH3 is 1. The molecule has 0 fully saturated rings. The lowest BCUT2D eigenvalue weighted by Gasteiger charge is -2.13. The predicted octanol–water partition coefficient (Wildman–Crippen LogP) is 4.79. The Bertz CT molecular complexity index is 832. The number of esters is 1. The zero-order chi connectivity index (χ0) is 20.6. The third kappa shape index (κ3) is 5.58. The number of rotatable bonds is 8. The van der Waals surface area contributed by atoms with Crippen LogP contribution in [0.5, 0.6) is 0 Å². The van der Waals surface area contributed by atoms with Gasteiger partial charge in [0, 0.05) is 5.56 Å². The lowest BCUT2D eigenvalue weighted by atomic mass is 9.96. The third-order valence-electron chi connectivity index (χ3n) is 4.30. The summed E-state index contributed by atoms with van der Waals surface area (Å²) in [5.74, 6) is -0.617. The molecule has 0 saturated heterocycles. The summed E-state index contributed by atoms with van der Waals surface area (Å²) in [5, 5.41) is 3.76. The molecule has 7 heteroatoms. The molecule has 0 bridgehead atoms. The molecule has 0 spiro atoms. The fraction of sp³-hybridized carbons (Fsp3) is 0.333. The lowest BCUT2D eigenvalue weighted by molar-refractivity contribution is -0.138. The van der Waals surface area contributed by atoms with Gasteiger partial charge in [-0.2, -0.15) is 13.2 Å². The molecule has 150 valence electrons. The highest BCUT2D eigenvalue weighted by Crippen LogP contribution is 2.32. The monoisotopic (exact) mass is 393 g/mol. The molecule has 28 heavy (non-hydrogen) atoms. The Hall–Kier alpha value is -2.83. The number of hydrogen-bond acceptors (Lipinski definition) is 4. The topological polar surface area (TPSA) is 47.9 Å². The maximum atomic E-state index is 13.1. The highest BCUT2D eigenvalue weighted by atomic mass is 19.4. The van der Waals surface area contributed by atoms with E-state index >= 15 is 0 Å². The molecule has 0 aliphatic carbocycles. The summed E-state index contributed by atoms with van der Waals surface area (Å²) in [4.78, 5) is 16.7. The van der Waals surface area contributed by atoms with Gasteiger partial charge in [-0.3, -0.25) is 0 Å². The van der Waals surface area contributed by atoms with Gasteiger partial charge in [0.25, 0.3) is 0 Å². The van der Waals surface area contributed by atoms with Gasteiger partial charge in [-0.25, -0.2) is 4.79 Å². The standard InChI is InChI=1S/C21H22F3NO3/c1-27-20(26)19(25-28-2)17-13-7-5-10-15(17)9-3-4-11-16-12-6-8-14-18(16)21(22,23)24/h5-8,10,12-14H,3-4,9,11H2,1-2H3/b25-19-. The summed E-state index contributed by atoms with van der Waals surface area (Å²) >= 11 is 0. The number of carbonyl (C=O) groups excluding carboxylic acids is 1. The van der Waals surface area contributed by atoms with E-state index in [9.17, 15) is 18.0 Å². The number of nitrogens with zero attached hydrogens (tertiary/aromatic N) is 1. The van der Waals surface area contributed by atoms with Crippen molar-refractivity contribution in [2.45, 2.75) is 31.9 Å². The van der Waals surface area contributed by atoms with Gasteiger partial charge in [0.2, 0.25) is 0 Å². The Labute approximate surface area is 162 Å². The van der Waals surface area contributed by atoms with Crippen molar-refractivity contribution in [3.05, 3.63) is 70.8 Å². The Morgan fingerprint density at radius 1 is 0.929 bits per heavy atom. The van der Waals surface area contributed by atoms with Crippen LogP contribution in [0.4, 0.5) is 13.2 Å². The van der Waals surface area contributed by atoms with Crippen LogP contribution in [0.25, 0.3) is 0 Å². The van der Waals surface area contributed by atoms with Crippen molar-refractivity contribution in [2.24, 2.45) is 5.16 Å². The lowest BCUT2D eigenvalue weighted by Crippen LogP contribution is -2.19. The summed E-state index contributed by atoms with van der Waals surface area (Å²) in [5.41, 5.74) is 1.21. The number of hydrogen-bond donors (Lipinski definition) is 0. The number of benzene rings is 2. The smallest absolute Gasteiger partial charge is 0.416 e. The van der Waals surface area contributed by atoms with Gasteiger partial charge in [-0.05, 0) is 42.9 Å². The van der Waals surface area contributed by atoms with Crippen molar-refractivity contribution in [3.63, 3.8) is 0 Å². The molecule has 0 unspecified atom stereocenters. The molecule has 0 amide bonds. The number of unbranched alkanes of at least 4 members (excludes halogenated alkanes) is 1. The number of alkyl halides is 3. The van der Waals surface area contributed by atoms with Gasteiger partial charge in [-0.1, -0.05) is 47.6 Å². The Balaban J connectivity index is 2.07. The second-order valence-corrected chi connectivity index (χ2v) is 6.13. The first kappa shape index (κ1) is 21.5. The average Bonchev–Trinajstić information content (AvgIpc) is 2.69. The number of carbonyl (C=O) groups is 1. The van der Waals surface area contributed by atoms with Crippen molar-refractivity contribution < 1.29 is 27.5 Å². The number of aryl methyl sites for hydroxylation is 2. The molecule has 0 N–H and O–H groups in total. The van der Waals surface area contributed by atoms with Gasteiger partial charge < -0.3 is 9.57 Å². The van der Waals surface area contributed by atoms with E-state index in [1.165, 1.54) is 26.4 Å². The van der Waals surface area contributed by atoms with Crippen molar-refractivity contribution in [2.75, 3.05) is 14.2 Å². The summed E-state index contributed by atoms with van der Waals surface area (Å²) in [7, 11) is 2.60. The SMILES string of the molecule is CO/N=C(\C(=O)OC)c1ccccc1CCCCc1ccccc1C(F)(F)F. The molecule has 2 rings (SSSR count). The molecule has 0 atom stereocenters. The number of halogens is 3. The molecule has 0 aromatic heterocycles. The van der Waals surface area contributed by atoms with E-state index in [-0.39, 0.29) is 5.71 Å². The quantitative estimate of drug-likeness (QED) is 0.280. The molecular formula is C21H22F3NO3. The molecule has 0 aliphatic rings. The zero-order valence-corrected chi connectivity index (χ0v) is 15.8. The van der Waals surface area contributed by atoms with E-state index in [0.29, 0.717) is 36.8 Å². The van der Waals surface area contributed by atoms with Crippen LogP contribution in [0.2, 0.25) is 0 Å². The molecule has 0 aliphatic heterocycles. The van der Waals surface area contributed by atoms with E-state index in [2.05, 4.69) is 5.16 Å². The molecule has 0 heterocycles. The van der Waals surface area contributed by atoms with E-state index in [4.69, 9.17) is 9.57 Å². The second kappa shape index (κ2) is 9.92. The van der Waals surface area contributed by atoms with Gasteiger partial charge >= 0.3 is 12.1 Å². The largest absolute Gasteiger partial charge is 0.464 e. The highest BCUT2D eigenvalue weighted by Gasteiger charge is 2.32. The van der Waals surface area contributed by atoms with Crippen molar-refractivity contribution in [1.29, 1.82) is 0 Å². The Morgan fingerprint density at radius 2 is 1.50 bits per heavy atom. The summed E-state index contributed by atoms with van der Waals surface area (Å²) in [6, 6.07) is 12.8. The number of oxime groups is 1. The van der Waals surface area contributed by atoms with Crippen LogP contribution in [-0.2, 0) is 33.4 Å². The molecule has 2 aromatic carbocycles. The van der Waals surface area contributed by atoms with Gasteiger partial charge in [0.05, 0.1) is 12.7 Å². The summed E-state index contributed by atoms with van der Waals surface area (Å²) < 4.78 is 44.0. The zero-order valence-electron chi connectivity index (χ0n) is 15.8. The molecular weight excluding hydrogens is 371 g/mol. The Kier molecular flexibility index (Phi) is 7.61. The number of ether oxygens (including phenoxy) is 1. The van der Waals surface area contributed by atoms with Crippen LogP contribution in [0.3, 0.4) is 0 Å². The van der Waals surface area contributed by atoms with E-state index < -0.39 is 17.7 Å². The maximum absolute atomic E-state index is 13.1. The van der Waals surface area contributed by atoms with E-state index in [1.54, 1.807) is 18.2 Å². The van der Waals surface area contributed by atoms with Crippen LogP contribution in [0, 0.1) is 0 Å². The third-order valence-corrected chi connectivity index (χ3v) is 4.30. The van der Waals surface area contributed by atoms with Crippen molar-refractivity contribution in [1.82, 2.24) is 0 Å². The average molecular weight is 393 g/mol. The van der Waals surface area contributed by atoms with Crippen molar-refractivity contribution >= 4 is 11.7 Å². The molecule has 2 aromatic rings. The molecule has 0 radical (unpaired) electrons. The first-order valence-electron chi connectivity index (χ1n) is 8.81. The van der Waals surface area contributed by atoms with Gasteiger partial charge in [0.1, 0.15) is 7.11 Å². The van der Waals surface area contributed by atoms with Crippen LogP contribution in [-0.4, -0.2) is 25.9 Å². The van der Waals surface area contributed by atoms with Crippen LogP contribution < -0.4 is 0 Å². The molecule has 0 saturated carbocycles. The minimum absolute atomic E-state index is 0.0583. The van der Waals surface area contributed by atoms with Gasteiger partial charge in [-0.15, -0.1) is 0 Å². The summed E-state index contributed by atoms with van der Waals surface area (Å²) in [6.07, 6.45) is -2.20. The first-order valence-corrected chi connectivity index (χ1v) is 8.81. The predicted molar refractivity (Wildman–Crippen MR) is 100 cm³/mol.